The largest absolute Gasteiger partial charge is 0.456 e. The summed E-state index contributed by atoms with van der Waals surface area (Å²) in [6.07, 6.45) is 0. The molecule has 5 nitrogen and oxygen atoms in total. The van der Waals surface area contributed by atoms with Crippen LogP contribution in [0.5, 0.6) is 0 Å². The van der Waals surface area contributed by atoms with E-state index < -0.39 is 10.8 Å². The molecule has 0 amide bonds. The van der Waals surface area contributed by atoms with Crippen LogP contribution in [0.4, 0.5) is 68.2 Å². The van der Waals surface area contributed by atoms with Crippen molar-refractivity contribution in [3.63, 3.8) is 0 Å². The molecule has 0 atom stereocenters. The zero-order valence-electron chi connectivity index (χ0n) is 81.3. The lowest BCUT2D eigenvalue weighted by Crippen LogP contribution is -2.30. The second-order valence-electron chi connectivity index (χ2n) is 37.0. The number of halogens is 4. The number of anilines is 12. The van der Waals surface area contributed by atoms with Gasteiger partial charge in [0.2, 0.25) is 0 Å². The lowest BCUT2D eigenvalue weighted by atomic mass is 9.67. The minimum Gasteiger partial charge on any atom is -0.456 e. The molecule has 149 heavy (non-hydrogen) atoms. The molecule has 2 aliphatic rings. The summed E-state index contributed by atoms with van der Waals surface area (Å²) >= 11 is 25.8. The Labute approximate surface area is 890 Å². The van der Waals surface area contributed by atoms with Crippen LogP contribution in [0.3, 0.4) is 0 Å². The minimum absolute atomic E-state index is 0.491. The van der Waals surface area contributed by atoms with E-state index in [9.17, 15) is 0 Å². The number of hydrogen-bond donors (Lipinski definition) is 0. The Hall–Kier alpha value is -17.8. The average Bonchev–Trinajstić information content (AvgIpc) is 1.54. The van der Waals surface area contributed by atoms with Crippen molar-refractivity contribution in [2.24, 2.45) is 0 Å². The van der Waals surface area contributed by atoms with Crippen LogP contribution in [0.25, 0.3) is 88.7 Å². The van der Waals surface area contributed by atoms with E-state index in [1.807, 2.05) is 109 Å². The van der Waals surface area contributed by atoms with Gasteiger partial charge in [0.25, 0.3) is 0 Å². The molecule has 2 aliphatic carbocycles. The van der Waals surface area contributed by atoms with Crippen molar-refractivity contribution in [1.82, 2.24) is 0 Å². The van der Waals surface area contributed by atoms with Gasteiger partial charge in [-0.1, -0.05) is 459 Å². The van der Waals surface area contributed by atoms with Crippen molar-refractivity contribution in [2.75, 3.05) is 19.6 Å². The van der Waals surface area contributed by atoms with E-state index in [0.29, 0.717) is 15.1 Å². The minimum atomic E-state index is -0.503. The molecule has 0 radical (unpaired) electrons. The van der Waals surface area contributed by atoms with Crippen molar-refractivity contribution in [2.45, 2.75) is 10.8 Å². The fourth-order valence-electron chi connectivity index (χ4n) is 21.7. The monoisotopic (exact) mass is 1990 g/mol. The molecule has 1 aromatic heterocycles. The highest BCUT2D eigenvalue weighted by atomic mass is 35.5. The van der Waals surface area contributed by atoms with Crippen molar-refractivity contribution >= 4 is 137 Å². The SMILES string of the molecule is Clc1cccc(-c2cccc(N(c3ccccc3)c3ccccc3)c2)c1.Clc1cccc(N(c2ccc(-c3ccccc3)cc2)c2ccc(-c3ccc(-c4ccccc4)cc3)cc2)c1.Clc1cccc(N(c2ccc3c(c2)C(c2ccccc2)(c2ccccc2)c2ccccc2-3)c2ccc3oc4ccccc4c3c2)c1.Clc1cccc(N(c2ccccc2)c2cccc3c2C(c2ccccc2)(c2ccccc2)c2ccccc2-3)c1. The van der Waals surface area contributed by atoms with E-state index in [-0.39, 0.29) is 0 Å². The fraction of sp³-hybridized carbons (Fsp3) is 0.0143. The van der Waals surface area contributed by atoms with Gasteiger partial charge in [-0.3, -0.25) is 0 Å². The van der Waals surface area contributed by atoms with Gasteiger partial charge in [0.1, 0.15) is 11.2 Å². The Morgan fingerprint density at radius 3 is 0.893 bits per heavy atom. The molecule has 712 valence electrons. The number of fused-ring (bicyclic) bond motifs is 9. The second kappa shape index (κ2) is 42.9. The normalized spacial score (nSPS) is 12.0. The van der Waals surface area contributed by atoms with Crippen LogP contribution in [0.2, 0.25) is 20.1 Å². The van der Waals surface area contributed by atoms with Gasteiger partial charge in [-0.15, -0.1) is 0 Å². The highest BCUT2D eigenvalue weighted by molar-refractivity contribution is 6.32. The first-order chi connectivity index (χ1) is 73.5. The third kappa shape index (κ3) is 19.1. The first kappa shape index (κ1) is 94.8. The van der Waals surface area contributed by atoms with Gasteiger partial charge < -0.3 is 24.0 Å². The molecule has 0 saturated heterocycles. The molecule has 0 fully saturated rings. The van der Waals surface area contributed by atoms with Crippen LogP contribution in [0.15, 0.2) is 599 Å². The zero-order valence-corrected chi connectivity index (χ0v) is 84.3. The molecule has 1 heterocycles. The van der Waals surface area contributed by atoms with Crippen molar-refractivity contribution < 1.29 is 4.42 Å². The predicted octanol–water partition coefficient (Wildman–Crippen LogP) is 40.5. The first-order valence-corrected chi connectivity index (χ1v) is 51.6. The number of para-hydroxylation sites is 4. The first-order valence-electron chi connectivity index (χ1n) is 50.1. The Kier molecular flexibility index (Phi) is 27.3. The Morgan fingerprint density at radius 2 is 0.430 bits per heavy atom. The average molecular weight is 1990 g/mol. The van der Waals surface area contributed by atoms with Crippen LogP contribution >= 0.6 is 46.4 Å². The van der Waals surface area contributed by atoms with E-state index >= 15 is 0 Å². The Morgan fingerprint density at radius 1 is 0.154 bits per heavy atom. The molecule has 0 bridgehead atoms. The Balaban J connectivity index is 0.000000111. The van der Waals surface area contributed by atoms with Crippen LogP contribution in [0, 0.1) is 0 Å². The molecular weight excluding hydrogens is 1900 g/mol. The van der Waals surface area contributed by atoms with Gasteiger partial charge in [-0.25, -0.2) is 0 Å². The van der Waals surface area contributed by atoms with E-state index in [1.165, 1.54) is 100 Å². The molecule has 9 heteroatoms. The summed E-state index contributed by atoms with van der Waals surface area (Å²) in [6, 6.07) is 209. The summed E-state index contributed by atoms with van der Waals surface area (Å²) in [5.41, 5.74) is 38.2. The highest BCUT2D eigenvalue weighted by Crippen LogP contribution is 2.62. The molecule has 0 N–H and O–H groups in total. The molecule has 0 unspecified atom stereocenters. The Bertz CT molecular complexity index is 8680. The summed E-state index contributed by atoms with van der Waals surface area (Å²) in [5, 5.41) is 5.04. The summed E-state index contributed by atoms with van der Waals surface area (Å²) in [4.78, 5) is 9.14. The molecule has 0 aliphatic heterocycles. The fourth-order valence-corrected chi connectivity index (χ4v) is 22.4. The summed E-state index contributed by atoms with van der Waals surface area (Å²) in [5.74, 6) is 0. The number of benzene rings is 23. The summed E-state index contributed by atoms with van der Waals surface area (Å²) in [7, 11) is 0. The van der Waals surface area contributed by atoms with Gasteiger partial charge in [0, 0.05) is 99.0 Å². The van der Waals surface area contributed by atoms with Crippen LogP contribution < -0.4 is 19.6 Å². The molecule has 23 aromatic carbocycles. The molecule has 0 spiro atoms. The maximum absolute atomic E-state index is 6.64. The van der Waals surface area contributed by atoms with Crippen molar-refractivity contribution in [1.29, 1.82) is 0 Å². The molecule has 0 saturated carbocycles. The van der Waals surface area contributed by atoms with E-state index in [0.717, 1.165) is 106 Å². The van der Waals surface area contributed by atoms with Gasteiger partial charge >= 0.3 is 0 Å². The maximum Gasteiger partial charge on any atom is 0.135 e. The maximum atomic E-state index is 6.64. The number of furan rings is 1. The van der Waals surface area contributed by atoms with Crippen molar-refractivity contribution in [3.8, 4) is 66.8 Å². The summed E-state index contributed by atoms with van der Waals surface area (Å²) in [6.45, 7) is 0. The van der Waals surface area contributed by atoms with Gasteiger partial charge in [-0.2, -0.15) is 0 Å². The van der Waals surface area contributed by atoms with Crippen LogP contribution in [-0.4, -0.2) is 0 Å². The van der Waals surface area contributed by atoms with Gasteiger partial charge in [0.05, 0.1) is 16.5 Å². The van der Waals surface area contributed by atoms with Gasteiger partial charge in [-0.05, 0) is 288 Å². The van der Waals surface area contributed by atoms with Gasteiger partial charge in [0.15, 0.2) is 0 Å². The lowest BCUT2D eigenvalue weighted by Gasteiger charge is -2.37. The third-order valence-corrected chi connectivity index (χ3v) is 29.1. The number of rotatable bonds is 20. The molecule has 24 aromatic rings. The smallest absolute Gasteiger partial charge is 0.135 e. The van der Waals surface area contributed by atoms with E-state index in [2.05, 4.69) is 505 Å². The van der Waals surface area contributed by atoms with Crippen molar-refractivity contribution in [3.05, 3.63) is 659 Å². The highest BCUT2D eigenvalue weighted by Gasteiger charge is 2.50. The predicted molar refractivity (Wildman–Crippen MR) is 628 cm³/mol. The lowest BCUT2D eigenvalue weighted by molar-refractivity contribution is 0.669. The zero-order chi connectivity index (χ0) is 100. The quantitative estimate of drug-likeness (QED) is 0.0758. The molecule has 26 rings (SSSR count). The van der Waals surface area contributed by atoms with Crippen LogP contribution in [0.1, 0.15) is 44.5 Å². The second-order valence-corrected chi connectivity index (χ2v) is 38.8. The van der Waals surface area contributed by atoms with E-state index in [1.54, 1.807) is 0 Å². The molecular formula is C140H98Cl4N4O. The summed E-state index contributed by atoms with van der Waals surface area (Å²) < 4.78 is 6.20. The number of hydrogen-bond acceptors (Lipinski definition) is 5. The number of nitrogens with zero attached hydrogens (tertiary/aromatic N) is 4. The topological polar surface area (TPSA) is 26.1 Å². The third-order valence-electron chi connectivity index (χ3n) is 28.2. The standard InChI is InChI=1S/C43H28ClNO.C37H26ClN.C36H26ClN.C24H18ClN/c44-31-16-11-17-32(26-31)45(33-23-25-42-38(27-33)37-19-8-10-21-41(37)46-42)34-22-24-36-35-18-7-9-20-39(35)43(40(36)28-34,29-12-3-1-4-13-29)30-14-5-2-6-15-30;38-29-18-12-21-31(26-29)39(30-19-8-3-9-20-30)35-25-13-23-33-32-22-10-11-24-34(32)37(36(33)35,27-14-4-1-5-15-27)28-16-6-2-7-17-28;37-33-12-7-13-36(26-33)38(34-22-18-31(19-23-34)28-10-5-2-6-11-28)35-24-20-32(21-25-35)30-16-14-29(15-17-30)27-8-3-1-4-9-27;25-21-11-7-9-19(17-21)20-10-8-16-24(18-20)26(22-12-3-1-4-13-22)23-14-5-2-6-15-23/h1-28H;1-26H;1-26H;1-18H. The van der Waals surface area contributed by atoms with E-state index in [4.69, 9.17) is 50.8 Å². The van der Waals surface area contributed by atoms with Crippen LogP contribution in [-0.2, 0) is 10.8 Å².